The Balaban J connectivity index is 4.67. The second kappa shape index (κ2) is 6.05. The zero-order valence-corrected chi connectivity index (χ0v) is 12.0. The molecule has 0 spiro atoms. The normalized spacial score (nSPS) is 15.2. The van der Waals surface area contributed by atoms with E-state index in [1.807, 2.05) is 27.7 Å². The Kier molecular flexibility index (Phi) is 5.68. The van der Waals surface area contributed by atoms with Crippen LogP contribution in [0.15, 0.2) is 0 Å². The Morgan fingerprint density at radius 1 is 1.35 bits per heavy atom. The first kappa shape index (κ1) is 16.0. The number of carbonyl (C=O) groups is 1. The van der Waals surface area contributed by atoms with Crippen molar-refractivity contribution in [1.29, 1.82) is 5.26 Å². The maximum atomic E-state index is 11.8. The molecule has 0 rings (SSSR count). The van der Waals surface area contributed by atoms with Crippen LogP contribution in [-0.2, 0) is 9.53 Å². The Bertz CT molecular complexity index is 296. The van der Waals surface area contributed by atoms with Gasteiger partial charge in [0, 0.05) is 0 Å². The minimum absolute atomic E-state index is 0.190. The van der Waals surface area contributed by atoms with Gasteiger partial charge in [0.15, 0.2) is 0 Å². The molecule has 0 aliphatic rings. The maximum Gasteiger partial charge on any atom is 0.307 e. The largest absolute Gasteiger partial charge is 0.460 e. The summed E-state index contributed by atoms with van der Waals surface area (Å²) >= 11 is 0. The third kappa shape index (κ3) is 6.31. The van der Waals surface area contributed by atoms with Gasteiger partial charge in [0.2, 0.25) is 0 Å². The van der Waals surface area contributed by atoms with Crippen LogP contribution in [0.4, 0.5) is 0 Å². The molecule has 0 fully saturated rings. The monoisotopic (exact) mass is 239 g/mol. The van der Waals surface area contributed by atoms with E-state index in [9.17, 15) is 10.1 Å². The molecule has 0 aromatic rings. The van der Waals surface area contributed by atoms with Crippen LogP contribution >= 0.6 is 0 Å². The number of carbonyl (C=O) groups excluding carboxylic acids is 1. The molecule has 0 bridgehead atoms. The van der Waals surface area contributed by atoms with E-state index in [2.05, 4.69) is 19.9 Å². The first-order chi connectivity index (χ1) is 7.64. The summed E-state index contributed by atoms with van der Waals surface area (Å²) in [5.74, 6) is 0.124. The lowest BCUT2D eigenvalue weighted by atomic mass is 9.76. The number of nitriles is 1. The van der Waals surface area contributed by atoms with Crippen molar-refractivity contribution in [1.82, 2.24) is 0 Å². The van der Waals surface area contributed by atoms with E-state index < -0.39 is 11.0 Å². The summed E-state index contributed by atoms with van der Waals surface area (Å²) in [6.07, 6.45) is 1.61. The van der Waals surface area contributed by atoms with Gasteiger partial charge in [-0.05, 0) is 39.5 Å². The van der Waals surface area contributed by atoms with Crippen molar-refractivity contribution < 1.29 is 9.53 Å². The molecular weight excluding hydrogens is 214 g/mol. The summed E-state index contributed by atoms with van der Waals surface area (Å²) in [5.41, 5.74) is -1.06. The van der Waals surface area contributed by atoms with Crippen molar-refractivity contribution in [3.05, 3.63) is 0 Å². The van der Waals surface area contributed by atoms with Crippen LogP contribution in [-0.4, -0.2) is 11.6 Å². The summed E-state index contributed by atoms with van der Waals surface area (Å²) in [6.45, 7) is 11.6. The van der Waals surface area contributed by atoms with Gasteiger partial charge in [0.25, 0.3) is 0 Å². The lowest BCUT2D eigenvalue weighted by Crippen LogP contribution is -2.30. The first-order valence-corrected chi connectivity index (χ1v) is 6.27. The molecule has 0 aliphatic carbocycles. The maximum absolute atomic E-state index is 11.8. The predicted molar refractivity (Wildman–Crippen MR) is 68.3 cm³/mol. The van der Waals surface area contributed by atoms with Crippen molar-refractivity contribution in [3.8, 4) is 6.07 Å². The van der Waals surface area contributed by atoms with Crippen LogP contribution in [0.25, 0.3) is 0 Å². The highest BCUT2D eigenvalue weighted by molar-refractivity contribution is 5.71. The Hall–Kier alpha value is -1.04. The standard InChI is InChI=1S/C14H25NO2/c1-7-14(10-15,8-11(2)3)9-12(16)17-13(4,5)6/h11H,7-9H2,1-6H3. The van der Waals surface area contributed by atoms with Gasteiger partial charge in [0.05, 0.1) is 17.9 Å². The van der Waals surface area contributed by atoms with Gasteiger partial charge in [-0.3, -0.25) is 4.79 Å². The second-order valence-electron chi connectivity index (χ2n) is 6.11. The Labute approximate surface area is 105 Å². The number of hydrogen-bond donors (Lipinski definition) is 0. The molecule has 0 amide bonds. The van der Waals surface area contributed by atoms with Crippen molar-refractivity contribution in [2.75, 3.05) is 0 Å². The molecule has 17 heavy (non-hydrogen) atoms. The summed E-state index contributed by atoms with van der Waals surface area (Å²) in [4.78, 5) is 11.8. The molecule has 3 heteroatoms. The lowest BCUT2D eigenvalue weighted by Gasteiger charge is -2.28. The quantitative estimate of drug-likeness (QED) is 0.687. The van der Waals surface area contributed by atoms with E-state index in [0.29, 0.717) is 12.3 Å². The van der Waals surface area contributed by atoms with Crippen molar-refractivity contribution in [3.63, 3.8) is 0 Å². The third-order valence-corrected chi connectivity index (χ3v) is 2.62. The molecule has 1 atom stereocenters. The molecule has 0 heterocycles. The predicted octanol–water partition coefficient (Wildman–Crippen LogP) is 3.68. The third-order valence-electron chi connectivity index (χ3n) is 2.62. The minimum Gasteiger partial charge on any atom is -0.460 e. The van der Waals surface area contributed by atoms with Crippen LogP contribution in [0, 0.1) is 22.7 Å². The van der Waals surface area contributed by atoms with Crippen LogP contribution in [0.2, 0.25) is 0 Å². The smallest absolute Gasteiger partial charge is 0.307 e. The summed E-state index contributed by atoms with van der Waals surface area (Å²) in [5, 5.41) is 9.31. The fraction of sp³-hybridized carbons (Fsp3) is 0.857. The molecule has 3 nitrogen and oxygen atoms in total. The number of rotatable bonds is 5. The zero-order valence-electron chi connectivity index (χ0n) is 12.0. The highest BCUT2D eigenvalue weighted by Crippen LogP contribution is 2.34. The molecule has 1 unspecified atom stereocenters. The number of esters is 1. The minimum atomic E-state index is -0.573. The van der Waals surface area contributed by atoms with Gasteiger partial charge in [-0.25, -0.2) is 0 Å². The van der Waals surface area contributed by atoms with E-state index in [-0.39, 0.29) is 12.4 Å². The number of nitrogens with zero attached hydrogens (tertiary/aromatic N) is 1. The number of ether oxygens (including phenoxy) is 1. The molecule has 0 saturated heterocycles. The SMILES string of the molecule is CCC(C#N)(CC(=O)OC(C)(C)C)CC(C)C. The van der Waals surface area contributed by atoms with Crippen molar-refractivity contribution >= 4 is 5.97 Å². The van der Waals surface area contributed by atoms with E-state index in [1.165, 1.54) is 0 Å². The molecule has 0 aromatic heterocycles. The van der Waals surface area contributed by atoms with Crippen molar-refractivity contribution in [2.24, 2.45) is 11.3 Å². The highest BCUT2D eigenvalue weighted by Gasteiger charge is 2.33. The summed E-state index contributed by atoms with van der Waals surface area (Å²) < 4.78 is 5.29. The van der Waals surface area contributed by atoms with E-state index in [4.69, 9.17) is 4.74 Å². The Morgan fingerprint density at radius 3 is 2.18 bits per heavy atom. The molecule has 0 radical (unpaired) electrons. The highest BCUT2D eigenvalue weighted by atomic mass is 16.6. The van der Waals surface area contributed by atoms with Gasteiger partial charge in [-0.1, -0.05) is 20.8 Å². The molecule has 98 valence electrons. The molecule has 0 saturated carbocycles. The zero-order chi connectivity index (χ0) is 13.7. The van der Waals surface area contributed by atoms with Gasteiger partial charge < -0.3 is 4.74 Å². The van der Waals surface area contributed by atoms with E-state index >= 15 is 0 Å². The average molecular weight is 239 g/mol. The van der Waals surface area contributed by atoms with Gasteiger partial charge in [-0.2, -0.15) is 5.26 Å². The van der Waals surface area contributed by atoms with Crippen LogP contribution < -0.4 is 0 Å². The molecule has 0 aromatic carbocycles. The Morgan fingerprint density at radius 2 is 1.88 bits per heavy atom. The van der Waals surface area contributed by atoms with E-state index in [1.54, 1.807) is 0 Å². The molecule has 0 aliphatic heterocycles. The molecule has 0 N–H and O–H groups in total. The second-order valence-corrected chi connectivity index (χ2v) is 6.11. The van der Waals surface area contributed by atoms with Crippen LogP contribution in [0.3, 0.4) is 0 Å². The molecular formula is C14H25NO2. The van der Waals surface area contributed by atoms with Crippen molar-refractivity contribution in [2.45, 2.75) is 66.4 Å². The van der Waals surface area contributed by atoms with Gasteiger partial charge in [0.1, 0.15) is 5.60 Å². The topological polar surface area (TPSA) is 50.1 Å². The summed E-state index contributed by atoms with van der Waals surface area (Å²) in [7, 11) is 0. The first-order valence-electron chi connectivity index (χ1n) is 6.27. The lowest BCUT2D eigenvalue weighted by molar-refractivity contribution is -0.157. The van der Waals surface area contributed by atoms with Gasteiger partial charge >= 0.3 is 5.97 Å². The summed E-state index contributed by atoms with van der Waals surface area (Å²) in [6, 6.07) is 2.31. The fourth-order valence-corrected chi connectivity index (χ4v) is 1.94. The number of hydrogen-bond acceptors (Lipinski definition) is 3. The van der Waals surface area contributed by atoms with Crippen LogP contribution in [0.1, 0.15) is 60.8 Å². The average Bonchev–Trinajstić information content (AvgIpc) is 2.12. The van der Waals surface area contributed by atoms with Crippen LogP contribution in [0.5, 0.6) is 0 Å². The fourth-order valence-electron chi connectivity index (χ4n) is 1.94. The van der Waals surface area contributed by atoms with Gasteiger partial charge in [-0.15, -0.1) is 0 Å². The van der Waals surface area contributed by atoms with E-state index in [0.717, 1.165) is 6.42 Å².